The van der Waals surface area contributed by atoms with Crippen LogP contribution >= 0.6 is 0 Å². The summed E-state index contributed by atoms with van der Waals surface area (Å²) in [5.41, 5.74) is 2.04. The number of methoxy groups -OCH3 is 2. The van der Waals surface area contributed by atoms with Crippen molar-refractivity contribution in [1.29, 1.82) is 0 Å². The molecule has 2 amide bonds. The zero-order chi connectivity index (χ0) is 23.9. The van der Waals surface area contributed by atoms with Gasteiger partial charge in [-0.2, -0.15) is 0 Å². The van der Waals surface area contributed by atoms with E-state index in [1.165, 1.54) is 14.2 Å². The molecule has 3 aromatic rings. The number of pyridine rings is 1. The predicted octanol–water partition coefficient (Wildman–Crippen LogP) is 3.92. The largest absolute Gasteiger partial charge is 0.495 e. The van der Waals surface area contributed by atoms with Gasteiger partial charge < -0.3 is 24.4 Å². The van der Waals surface area contributed by atoms with Crippen LogP contribution in [-0.4, -0.2) is 48.6 Å². The minimum absolute atomic E-state index is 0.0786. The van der Waals surface area contributed by atoms with Crippen molar-refractivity contribution in [2.45, 2.75) is 25.4 Å². The molecule has 1 aliphatic carbocycles. The van der Waals surface area contributed by atoms with Crippen molar-refractivity contribution in [3.8, 4) is 17.2 Å². The number of ether oxygens (including phenoxy) is 3. The molecule has 0 bridgehead atoms. The average molecular weight is 462 g/mol. The van der Waals surface area contributed by atoms with Crippen molar-refractivity contribution in [3.63, 3.8) is 0 Å². The summed E-state index contributed by atoms with van der Waals surface area (Å²) < 4.78 is 16.4. The minimum Gasteiger partial charge on any atom is -0.495 e. The molecule has 0 unspecified atom stereocenters. The summed E-state index contributed by atoms with van der Waals surface area (Å²) in [4.78, 5) is 31.7. The third-order valence-electron chi connectivity index (χ3n) is 5.47. The number of benzene rings is 2. The Balaban J connectivity index is 1.42. The molecule has 2 aromatic carbocycles. The lowest BCUT2D eigenvalue weighted by Gasteiger charge is -2.23. The van der Waals surface area contributed by atoms with Crippen LogP contribution in [-0.2, 0) is 11.3 Å². The molecule has 34 heavy (non-hydrogen) atoms. The lowest BCUT2D eigenvalue weighted by atomic mass is 10.1. The van der Waals surface area contributed by atoms with E-state index in [4.69, 9.17) is 14.2 Å². The zero-order valence-electron chi connectivity index (χ0n) is 19.2. The highest BCUT2D eigenvalue weighted by Crippen LogP contribution is 2.33. The average Bonchev–Trinajstić information content (AvgIpc) is 3.72. The Morgan fingerprint density at radius 1 is 1.00 bits per heavy atom. The number of rotatable bonds is 10. The number of hydrogen-bond acceptors (Lipinski definition) is 6. The molecule has 0 radical (unpaired) electrons. The van der Waals surface area contributed by atoms with Gasteiger partial charge in [0, 0.05) is 30.5 Å². The van der Waals surface area contributed by atoms with Gasteiger partial charge in [-0.05, 0) is 54.8 Å². The van der Waals surface area contributed by atoms with E-state index < -0.39 is 0 Å². The minimum atomic E-state index is -0.344. The third kappa shape index (κ3) is 5.64. The Morgan fingerprint density at radius 3 is 2.50 bits per heavy atom. The Labute approximate surface area is 198 Å². The standard InChI is InChI=1S/C26H27N3O5/c1-32-22-8-4-3-7-21(22)28-25(30)17-34-23-12-9-19(14-24(23)33-2)26(31)29(20-10-11-20)16-18-6-5-13-27-15-18/h3-9,12-15,20H,10-11,16-17H2,1-2H3,(H,28,30). The number of amides is 2. The zero-order valence-corrected chi connectivity index (χ0v) is 19.2. The first-order chi connectivity index (χ1) is 16.6. The highest BCUT2D eigenvalue weighted by molar-refractivity contribution is 5.95. The molecule has 8 heteroatoms. The molecule has 176 valence electrons. The van der Waals surface area contributed by atoms with Gasteiger partial charge in [-0.15, -0.1) is 0 Å². The van der Waals surface area contributed by atoms with E-state index in [1.54, 1.807) is 48.8 Å². The van der Waals surface area contributed by atoms with Crippen LogP contribution in [0.2, 0.25) is 0 Å². The summed E-state index contributed by atoms with van der Waals surface area (Å²) in [5.74, 6) is 0.892. The molecule has 1 saturated carbocycles. The van der Waals surface area contributed by atoms with Gasteiger partial charge in [-0.3, -0.25) is 14.6 Å². The smallest absolute Gasteiger partial charge is 0.262 e. The van der Waals surface area contributed by atoms with Crippen LogP contribution in [0.25, 0.3) is 0 Å². The van der Waals surface area contributed by atoms with Crippen molar-refractivity contribution >= 4 is 17.5 Å². The van der Waals surface area contributed by atoms with Crippen LogP contribution in [0.3, 0.4) is 0 Å². The van der Waals surface area contributed by atoms with Gasteiger partial charge in [0.2, 0.25) is 0 Å². The number of carbonyl (C=O) groups is 2. The van der Waals surface area contributed by atoms with Gasteiger partial charge in [-0.1, -0.05) is 18.2 Å². The van der Waals surface area contributed by atoms with E-state index in [-0.39, 0.29) is 24.5 Å². The molecular formula is C26H27N3O5. The van der Waals surface area contributed by atoms with Gasteiger partial charge in [0.05, 0.1) is 19.9 Å². The normalized spacial score (nSPS) is 12.5. The maximum atomic E-state index is 13.3. The molecule has 0 saturated heterocycles. The fourth-order valence-electron chi connectivity index (χ4n) is 3.60. The Kier molecular flexibility index (Phi) is 7.27. The topological polar surface area (TPSA) is 90.0 Å². The molecule has 0 spiro atoms. The van der Waals surface area contributed by atoms with Gasteiger partial charge >= 0.3 is 0 Å². The molecule has 1 heterocycles. The first kappa shape index (κ1) is 23.1. The molecule has 0 atom stereocenters. The molecule has 1 fully saturated rings. The molecule has 0 aliphatic heterocycles. The summed E-state index contributed by atoms with van der Waals surface area (Å²) in [6, 6.07) is 16.2. The van der Waals surface area contributed by atoms with Gasteiger partial charge in [0.15, 0.2) is 18.1 Å². The molecule has 4 rings (SSSR count). The number of nitrogens with one attached hydrogen (secondary N) is 1. The van der Waals surface area contributed by atoms with Crippen LogP contribution in [0.4, 0.5) is 5.69 Å². The van der Waals surface area contributed by atoms with E-state index in [9.17, 15) is 9.59 Å². The highest BCUT2D eigenvalue weighted by atomic mass is 16.5. The van der Waals surface area contributed by atoms with Crippen LogP contribution in [0, 0.1) is 0 Å². The summed E-state index contributed by atoms with van der Waals surface area (Å²) in [6.45, 7) is 0.276. The Bertz CT molecular complexity index is 1150. The molecule has 1 aromatic heterocycles. The fraction of sp³-hybridized carbons (Fsp3) is 0.269. The van der Waals surface area contributed by atoms with Gasteiger partial charge in [0.25, 0.3) is 11.8 Å². The van der Waals surface area contributed by atoms with Crippen molar-refractivity contribution in [1.82, 2.24) is 9.88 Å². The second-order valence-corrected chi connectivity index (χ2v) is 7.93. The highest BCUT2D eigenvalue weighted by Gasteiger charge is 2.33. The summed E-state index contributed by atoms with van der Waals surface area (Å²) >= 11 is 0. The maximum Gasteiger partial charge on any atom is 0.262 e. The van der Waals surface area contributed by atoms with Crippen LogP contribution in [0.5, 0.6) is 17.2 Å². The van der Waals surface area contributed by atoms with E-state index >= 15 is 0 Å². The Hall–Kier alpha value is -4.07. The molecule has 8 nitrogen and oxygen atoms in total. The molecular weight excluding hydrogens is 434 g/mol. The van der Waals surface area contributed by atoms with Crippen molar-refractivity contribution < 1.29 is 23.8 Å². The van der Waals surface area contributed by atoms with Crippen LogP contribution < -0.4 is 19.5 Å². The summed E-state index contributed by atoms with van der Waals surface area (Å²) in [7, 11) is 3.04. The van der Waals surface area contributed by atoms with E-state index in [0.717, 1.165) is 18.4 Å². The second-order valence-electron chi connectivity index (χ2n) is 7.93. The van der Waals surface area contributed by atoms with Gasteiger partial charge in [-0.25, -0.2) is 0 Å². The lowest BCUT2D eigenvalue weighted by molar-refractivity contribution is -0.118. The van der Waals surface area contributed by atoms with E-state index in [0.29, 0.717) is 35.0 Å². The van der Waals surface area contributed by atoms with Crippen molar-refractivity contribution in [2.24, 2.45) is 0 Å². The maximum absolute atomic E-state index is 13.3. The monoisotopic (exact) mass is 461 g/mol. The van der Waals surface area contributed by atoms with Gasteiger partial charge in [0.1, 0.15) is 5.75 Å². The SMILES string of the molecule is COc1ccccc1NC(=O)COc1ccc(C(=O)N(Cc2cccnc2)C2CC2)cc1OC. The summed E-state index contributed by atoms with van der Waals surface area (Å²) in [5, 5.41) is 2.76. The second kappa shape index (κ2) is 10.7. The number of aromatic nitrogens is 1. The van der Waals surface area contributed by atoms with Crippen LogP contribution in [0.1, 0.15) is 28.8 Å². The predicted molar refractivity (Wildman–Crippen MR) is 127 cm³/mol. The Morgan fingerprint density at radius 2 is 1.79 bits per heavy atom. The van der Waals surface area contributed by atoms with E-state index in [1.807, 2.05) is 23.1 Å². The van der Waals surface area contributed by atoms with Crippen LogP contribution in [0.15, 0.2) is 67.0 Å². The number of anilines is 1. The number of carbonyl (C=O) groups excluding carboxylic acids is 2. The summed E-state index contributed by atoms with van der Waals surface area (Å²) in [6.07, 6.45) is 5.47. The molecule has 1 aliphatic rings. The number of hydrogen-bond donors (Lipinski definition) is 1. The van der Waals surface area contributed by atoms with E-state index in [2.05, 4.69) is 10.3 Å². The fourth-order valence-corrected chi connectivity index (χ4v) is 3.60. The first-order valence-electron chi connectivity index (χ1n) is 11.0. The van der Waals surface area contributed by atoms with Crippen molar-refractivity contribution in [2.75, 3.05) is 26.1 Å². The quantitative estimate of drug-likeness (QED) is 0.492. The number of nitrogens with zero attached hydrogens (tertiary/aromatic N) is 2. The van der Waals surface area contributed by atoms with Crippen molar-refractivity contribution in [3.05, 3.63) is 78.1 Å². The first-order valence-corrected chi connectivity index (χ1v) is 11.0. The lowest BCUT2D eigenvalue weighted by Crippen LogP contribution is -2.32. The molecule has 1 N–H and O–H groups in total. The third-order valence-corrected chi connectivity index (χ3v) is 5.47. The number of para-hydroxylation sites is 2.